The van der Waals surface area contributed by atoms with Crippen molar-refractivity contribution in [2.45, 2.75) is 3.79 Å². The zero-order valence-electron chi connectivity index (χ0n) is 6.50. The molecule has 1 amide bonds. The van der Waals surface area contributed by atoms with Crippen LogP contribution < -0.4 is 4.80 Å². The molecule has 0 radical (unpaired) electrons. The second-order valence-electron chi connectivity index (χ2n) is 2.21. The van der Waals surface area contributed by atoms with E-state index in [9.17, 15) is 4.79 Å². The molecule has 0 spiro atoms. The van der Waals surface area contributed by atoms with E-state index in [1.807, 2.05) is 0 Å². The quantitative estimate of drug-likeness (QED) is 0.655. The number of aromatic nitrogens is 1. The first kappa shape index (κ1) is 11.0. The van der Waals surface area contributed by atoms with Crippen molar-refractivity contribution in [1.82, 2.24) is 4.57 Å². The zero-order valence-corrected chi connectivity index (χ0v) is 9.58. The number of aryl methyl sites for hydroxylation is 1. The highest BCUT2D eigenvalue weighted by Crippen LogP contribution is 2.27. The van der Waals surface area contributed by atoms with Crippen LogP contribution in [0.5, 0.6) is 0 Å². The smallest absolute Gasteiger partial charge is 0.300 e. The van der Waals surface area contributed by atoms with E-state index in [2.05, 4.69) is 4.99 Å². The summed E-state index contributed by atoms with van der Waals surface area (Å²) in [5.41, 5.74) is 0. The van der Waals surface area contributed by atoms with Crippen LogP contribution in [0.15, 0.2) is 16.6 Å². The van der Waals surface area contributed by atoms with Gasteiger partial charge in [-0.05, 0) is 0 Å². The Hall–Kier alpha value is -0.0300. The zero-order chi connectivity index (χ0) is 10.1. The molecule has 0 aliphatic heterocycles. The van der Waals surface area contributed by atoms with Gasteiger partial charge in [0.25, 0.3) is 9.70 Å². The molecule has 0 saturated carbocycles. The van der Waals surface area contributed by atoms with E-state index in [0.717, 1.165) is 0 Å². The third-order valence-electron chi connectivity index (χ3n) is 1.20. The number of hydrogen-bond acceptors (Lipinski definition) is 2. The van der Waals surface area contributed by atoms with Crippen LogP contribution in [0.1, 0.15) is 0 Å². The Morgan fingerprint density at radius 3 is 2.62 bits per heavy atom. The molecule has 0 aliphatic rings. The molecule has 1 aromatic heterocycles. The highest BCUT2D eigenvalue weighted by molar-refractivity contribution is 7.07. The minimum Gasteiger partial charge on any atom is -0.327 e. The molecule has 0 aromatic carbocycles. The summed E-state index contributed by atoms with van der Waals surface area (Å²) >= 11 is 17.3. The Bertz CT molecular complexity index is 376. The lowest BCUT2D eigenvalue weighted by Gasteiger charge is -2.02. The molecule has 0 aliphatic carbocycles. The maximum atomic E-state index is 11.1. The van der Waals surface area contributed by atoms with Gasteiger partial charge in [-0.25, -0.2) is 0 Å². The summed E-state index contributed by atoms with van der Waals surface area (Å²) in [6, 6.07) is 0. The minimum absolute atomic E-state index is 0.497. The number of carbonyl (C=O) groups is 1. The van der Waals surface area contributed by atoms with Gasteiger partial charge >= 0.3 is 0 Å². The second kappa shape index (κ2) is 4.00. The average Bonchev–Trinajstić information content (AvgIpc) is 2.34. The number of thiazole rings is 1. The number of nitrogens with zero attached hydrogens (tertiary/aromatic N) is 2. The van der Waals surface area contributed by atoms with Gasteiger partial charge in [-0.1, -0.05) is 34.8 Å². The van der Waals surface area contributed by atoms with E-state index < -0.39 is 9.70 Å². The number of rotatable bonds is 0. The Morgan fingerprint density at radius 1 is 1.62 bits per heavy atom. The summed E-state index contributed by atoms with van der Waals surface area (Å²) < 4.78 is -0.310. The second-order valence-corrected chi connectivity index (χ2v) is 5.37. The molecular formula is C6H5Cl3N2OS. The number of alkyl halides is 3. The van der Waals surface area contributed by atoms with Crippen LogP contribution in [0.2, 0.25) is 0 Å². The molecule has 0 fully saturated rings. The van der Waals surface area contributed by atoms with Crippen molar-refractivity contribution in [3.8, 4) is 0 Å². The number of halogens is 3. The van der Waals surface area contributed by atoms with Crippen molar-refractivity contribution < 1.29 is 4.79 Å². The van der Waals surface area contributed by atoms with Gasteiger partial charge in [-0.15, -0.1) is 11.3 Å². The third-order valence-corrected chi connectivity index (χ3v) is 2.53. The van der Waals surface area contributed by atoms with Crippen molar-refractivity contribution in [1.29, 1.82) is 0 Å². The molecule has 0 atom stereocenters. The molecule has 1 rings (SSSR count). The Morgan fingerprint density at radius 2 is 2.23 bits per heavy atom. The largest absolute Gasteiger partial charge is 0.327 e. The standard InChI is InChI=1S/C6H5Cl3N2OS/c1-11-2-3-13-5(11)10-4(12)6(7,8)9/h2-3H,1H3. The van der Waals surface area contributed by atoms with Crippen LogP contribution in [-0.2, 0) is 11.8 Å². The maximum absolute atomic E-state index is 11.1. The first-order chi connectivity index (χ1) is 5.91. The Balaban J connectivity index is 3.04. The highest BCUT2D eigenvalue weighted by atomic mass is 35.6. The van der Waals surface area contributed by atoms with E-state index in [1.54, 1.807) is 23.2 Å². The van der Waals surface area contributed by atoms with Crippen LogP contribution in [-0.4, -0.2) is 14.3 Å². The van der Waals surface area contributed by atoms with Crippen LogP contribution in [0.4, 0.5) is 0 Å². The summed E-state index contributed by atoms with van der Waals surface area (Å²) in [4.78, 5) is 15.2. The van der Waals surface area contributed by atoms with Crippen molar-refractivity contribution in [2.75, 3.05) is 0 Å². The van der Waals surface area contributed by atoms with E-state index >= 15 is 0 Å². The molecule has 7 heteroatoms. The van der Waals surface area contributed by atoms with Gasteiger partial charge in [0.2, 0.25) is 0 Å². The molecule has 0 saturated heterocycles. The van der Waals surface area contributed by atoms with Gasteiger partial charge < -0.3 is 4.57 Å². The summed E-state index contributed by atoms with van der Waals surface area (Å²) in [5, 5.41) is 1.78. The average molecular weight is 260 g/mol. The fraction of sp³-hybridized carbons (Fsp3) is 0.333. The van der Waals surface area contributed by atoms with Gasteiger partial charge in [-0.3, -0.25) is 4.79 Å². The van der Waals surface area contributed by atoms with E-state index in [1.165, 1.54) is 11.3 Å². The fourth-order valence-electron chi connectivity index (χ4n) is 0.585. The summed E-state index contributed by atoms with van der Waals surface area (Å²) in [7, 11) is 1.75. The molecule has 0 N–H and O–H groups in total. The number of hydrogen-bond donors (Lipinski definition) is 0. The van der Waals surface area contributed by atoms with E-state index in [-0.39, 0.29) is 0 Å². The normalized spacial score (nSPS) is 13.4. The molecule has 0 unspecified atom stereocenters. The summed E-state index contributed by atoms with van der Waals surface area (Å²) in [6.45, 7) is 0. The number of amides is 1. The molecule has 3 nitrogen and oxygen atoms in total. The topological polar surface area (TPSA) is 34.4 Å². The fourth-order valence-corrected chi connectivity index (χ4v) is 1.44. The van der Waals surface area contributed by atoms with Crippen molar-refractivity contribution in [3.05, 3.63) is 16.4 Å². The van der Waals surface area contributed by atoms with Gasteiger partial charge in [0.15, 0.2) is 4.80 Å². The van der Waals surface area contributed by atoms with Crippen LogP contribution in [0, 0.1) is 0 Å². The van der Waals surface area contributed by atoms with Crippen molar-refractivity contribution >= 4 is 52.0 Å². The molecule has 1 aromatic rings. The van der Waals surface area contributed by atoms with Crippen molar-refractivity contribution in [2.24, 2.45) is 12.0 Å². The summed E-state index contributed by atoms with van der Waals surface area (Å²) in [5.74, 6) is -0.782. The van der Waals surface area contributed by atoms with E-state index in [4.69, 9.17) is 34.8 Å². The SMILES string of the molecule is Cn1ccsc1=NC(=O)C(Cl)(Cl)Cl. The predicted molar refractivity (Wildman–Crippen MR) is 54.2 cm³/mol. The molecule has 13 heavy (non-hydrogen) atoms. The van der Waals surface area contributed by atoms with Crippen molar-refractivity contribution in [3.63, 3.8) is 0 Å². The minimum atomic E-state index is -1.98. The highest BCUT2D eigenvalue weighted by Gasteiger charge is 2.30. The van der Waals surface area contributed by atoms with Crippen LogP contribution in [0.25, 0.3) is 0 Å². The van der Waals surface area contributed by atoms with E-state index in [0.29, 0.717) is 4.80 Å². The summed E-state index contributed by atoms with van der Waals surface area (Å²) in [6.07, 6.45) is 1.76. The first-order valence-corrected chi connectivity index (χ1v) is 5.18. The molecular weight excluding hydrogens is 255 g/mol. The molecule has 72 valence electrons. The maximum Gasteiger partial charge on any atom is 0.300 e. The monoisotopic (exact) mass is 258 g/mol. The Kier molecular flexibility index (Phi) is 3.40. The predicted octanol–water partition coefficient (Wildman–Crippen LogP) is 1.88. The molecule has 0 bridgehead atoms. The Labute approximate surface area is 93.6 Å². The van der Waals surface area contributed by atoms with Gasteiger partial charge in [0.1, 0.15) is 0 Å². The van der Waals surface area contributed by atoms with Crippen LogP contribution >= 0.6 is 46.1 Å². The molecule has 1 heterocycles. The lowest BCUT2D eigenvalue weighted by molar-refractivity contribution is -0.117. The number of carbonyl (C=O) groups excluding carboxylic acids is 1. The lowest BCUT2D eigenvalue weighted by Crippen LogP contribution is -2.21. The lowest BCUT2D eigenvalue weighted by atomic mass is 10.7. The van der Waals surface area contributed by atoms with Gasteiger partial charge in [-0.2, -0.15) is 4.99 Å². The van der Waals surface area contributed by atoms with Gasteiger partial charge in [0, 0.05) is 18.6 Å². The first-order valence-electron chi connectivity index (χ1n) is 3.17. The van der Waals surface area contributed by atoms with Gasteiger partial charge in [0.05, 0.1) is 0 Å². The van der Waals surface area contributed by atoms with Crippen LogP contribution in [0.3, 0.4) is 0 Å². The third kappa shape index (κ3) is 2.98.